The molecule has 0 fully saturated rings. The summed E-state index contributed by atoms with van der Waals surface area (Å²) in [4.78, 5) is 22.3. The third-order valence-electron chi connectivity index (χ3n) is 2.04. The normalized spacial score (nSPS) is 9.72. The molecule has 0 bridgehead atoms. The van der Waals surface area contributed by atoms with Gasteiger partial charge in [0.1, 0.15) is 0 Å². The first-order valence-electron chi connectivity index (χ1n) is 5.10. The first-order chi connectivity index (χ1) is 8.54. The fraction of sp³-hybridized carbons (Fsp3) is 0.273. The summed E-state index contributed by atoms with van der Waals surface area (Å²) in [5.41, 5.74) is 0.403. The summed E-state index contributed by atoms with van der Waals surface area (Å²) in [6.45, 7) is 0.177. The zero-order valence-electron chi connectivity index (χ0n) is 9.63. The number of halogens is 2. The third kappa shape index (κ3) is 4.43. The molecule has 1 aromatic carbocycles. The smallest absolute Gasteiger partial charge is 0.319 e. The summed E-state index contributed by atoms with van der Waals surface area (Å²) < 4.78 is 4.44. The van der Waals surface area contributed by atoms with Gasteiger partial charge in [0.25, 0.3) is 0 Å². The highest BCUT2D eigenvalue weighted by Gasteiger charge is 2.08. The van der Waals surface area contributed by atoms with Crippen LogP contribution in [0.3, 0.4) is 0 Å². The Balaban J connectivity index is 2.45. The number of nitrogens with one attached hydrogen (secondary N) is 2. The lowest BCUT2D eigenvalue weighted by Crippen LogP contribution is -2.30. The standard InChI is InChI=1S/C11H12Cl2N2O3/c1-18-9(16)5-6-14-11(17)15-8-4-2-3-7(12)10(8)13/h2-4H,5-6H2,1H3,(H2,14,15,17). The van der Waals surface area contributed by atoms with Gasteiger partial charge in [-0.2, -0.15) is 0 Å². The number of hydrogen-bond donors (Lipinski definition) is 2. The lowest BCUT2D eigenvalue weighted by molar-refractivity contribution is -0.140. The van der Waals surface area contributed by atoms with E-state index in [-0.39, 0.29) is 18.0 Å². The minimum atomic E-state index is -0.469. The molecule has 5 nitrogen and oxygen atoms in total. The number of carbonyl (C=O) groups excluding carboxylic acids is 2. The van der Waals surface area contributed by atoms with Crippen molar-refractivity contribution >= 4 is 40.9 Å². The highest BCUT2D eigenvalue weighted by atomic mass is 35.5. The van der Waals surface area contributed by atoms with Gasteiger partial charge in [0.05, 0.1) is 29.3 Å². The monoisotopic (exact) mass is 290 g/mol. The molecule has 0 unspecified atom stereocenters. The Morgan fingerprint density at radius 1 is 1.33 bits per heavy atom. The van der Waals surface area contributed by atoms with E-state index in [1.54, 1.807) is 18.2 Å². The van der Waals surface area contributed by atoms with Crippen LogP contribution in [0.2, 0.25) is 10.0 Å². The number of anilines is 1. The minimum absolute atomic E-state index is 0.104. The highest BCUT2D eigenvalue weighted by molar-refractivity contribution is 6.43. The summed E-state index contributed by atoms with van der Waals surface area (Å²) in [6, 6.07) is 4.43. The maximum Gasteiger partial charge on any atom is 0.319 e. The van der Waals surface area contributed by atoms with Crippen molar-refractivity contribution in [3.8, 4) is 0 Å². The van der Waals surface area contributed by atoms with Crippen LogP contribution < -0.4 is 10.6 Å². The van der Waals surface area contributed by atoms with Gasteiger partial charge in [-0.1, -0.05) is 29.3 Å². The molecule has 18 heavy (non-hydrogen) atoms. The largest absolute Gasteiger partial charge is 0.469 e. The predicted octanol–water partition coefficient (Wildman–Crippen LogP) is 2.68. The van der Waals surface area contributed by atoms with Gasteiger partial charge < -0.3 is 15.4 Å². The van der Waals surface area contributed by atoms with Gasteiger partial charge in [0.15, 0.2) is 0 Å². The van der Waals surface area contributed by atoms with Gasteiger partial charge in [-0.05, 0) is 12.1 Å². The van der Waals surface area contributed by atoms with Gasteiger partial charge in [-0.25, -0.2) is 4.79 Å². The Kier molecular flexibility index (Phi) is 5.74. The van der Waals surface area contributed by atoms with Crippen molar-refractivity contribution in [1.29, 1.82) is 0 Å². The Hall–Kier alpha value is -1.46. The van der Waals surface area contributed by atoms with Crippen molar-refractivity contribution in [2.24, 2.45) is 0 Å². The summed E-state index contributed by atoms with van der Waals surface area (Å²) in [7, 11) is 1.29. The van der Waals surface area contributed by atoms with Crippen LogP contribution in [0.4, 0.5) is 10.5 Å². The van der Waals surface area contributed by atoms with E-state index in [1.807, 2.05) is 0 Å². The lowest BCUT2D eigenvalue weighted by Gasteiger charge is -2.09. The molecule has 0 atom stereocenters. The number of amides is 2. The maximum atomic E-state index is 11.5. The number of rotatable bonds is 4. The zero-order valence-corrected chi connectivity index (χ0v) is 11.1. The molecule has 7 heteroatoms. The van der Waals surface area contributed by atoms with E-state index in [0.717, 1.165) is 0 Å². The van der Waals surface area contributed by atoms with Crippen LogP contribution in [0.15, 0.2) is 18.2 Å². The molecule has 0 heterocycles. The SMILES string of the molecule is COC(=O)CCNC(=O)Nc1cccc(Cl)c1Cl. The minimum Gasteiger partial charge on any atom is -0.469 e. The van der Waals surface area contributed by atoms with Gasteiger partial charge in [-0.15, -0.1) is 0 Å². The molecule has 0 aliphatic heterocycles. The number of urea groups is 1. The molecule has 2 N–H and O–H groups in total. The van der Waals surface area contributed by atoms with Crippen LogP contribution in [0, 0.1) is 0 Å². The fourth-order valence-corrected chi connectivity index (χ4v) is 1.49. The number of ether oxygens (including phenoxy) is 1. The van der Waals surface area contributed by atoms with E-state index >= 15 is 0 Å². The number of methoxy groups -OCH3 is 1. The molecule has 1 rings (SSSR count). The number of benzene rings is 1. The van der Waals surface area contributed by atoms with Gasteiger partial charge in [0.2, 0.25) is 0 Å². The topological polar surface area (TPSA) is 67.4 Å². The molecule has 1 aromatic rings. The number of esters is 1. The Morgan fingerprint density at radius 2 is 2.06 bits per heavy atom. The van der Waals surface area contributed by atoms with Crippen LogP contribution in [0.1, 0.15) is 6.42 Å². The predicted molar refractivity (Wildman–Crippen MR) is 70.1 cm³/mol. The van der Waals surface area contributed by atoms with Gasteiger partial charge in [0, 0.05) is 6.54 Å². The summed E-state index contributed by atoms with van der Waals surface area (Å²) >= 11 is 11.7. The zero-order chi connectivity index (χ0) is 13.5. The van der Waals surface area contributed by atoms with E-state index in [1.165, 1.54) is 7.11 Å². The van der Waals surface area contributed by atoms with Gasteiger partial charge in [-0.3, -0.25) is 4.79 Å². The molecule has 98 valence electrons. The van der Waals surface area contributed by atoms with Crippen molar-refractivity contribution in [2.75, 3.05) is 19.0 Å². The van der Waals surface area contributed by atoms with Crippen molar-refractivity contribution in [2.45, 2.75) is 6.42 Å². The summed E-state index contributed by atoms with van der Waals surface area (Å²) in [6.07, 6.45) is 0.104. The average Bonchev–Trinajstić information content (AvgIpc) is 2.34. The molecule has 0 saturated heterocycles. The molecule has 0 aromatic heterocycles. The van der Waals surface area contributed by atoms with Crippen LogP contribution in [-0.2, 0) is 9.53 Å². The molecular formula is C11H12Cl2N2O3. The summed E-state index contributed by atoms with van der Waals surface area (Å²) in [5, 5.41) is 5.63. The van der Waals surface area contributed by atoms with Crippen molar-refractivity contribution in [1.82, 2.24) is 5.32 Å². The third-order valence-corrected chi connectivity index (χ3v) is 2.86. The molecule has 0 aliphatic rings. The molecule has 0 radical (unpaired) electrons. The Labute approximate surface area is 114 Å². The molecule has 2 amide bonds. The van der Waals surface area contributed by atoms with Gasteiger partial charge >= 0.3 is 12.0 Å². The second-order valence-corrected chi connectivity index (χ2v) is 4.09. The molecule has 0 spiro atoms. The number of hydrogen-bond acceptors (Lipinski definition) is 3. The quantitative estimate of drug-likeness (QED) is 0.838. The second kappa shape index (κ2) is 7.08. The van der Waals surface area contributed by atoms with Crippen molar-refractivity contribution in [3.63, 3.8) is 0 Å². The number of carbonyl (C=O) groups is 2. The van der Waals surface area contributed by atoms with E-state index in [9.17, 15) is 9.59 Å². The van der Waals surface area contributed by atoms with Crippen LogP contribution in [0.5, 0.6) is 0 Å². The van der Waals surface area contributed by atoms with Crippen LogP contribution in [0.25, 0.3) is 0 Å². The van der Waals surface area contributed by atoms with Crippen molar-refractivity contribution in [3.05, 3.63) is 28.2 Å². The first kappa shape index (κ1) is 14.6. The maximum absolute atomic E-state index is 11.5. The first-order valence-corrected chi connectivity index (χ1v) is 5.86. The van der Waals surface area contributed by atoms with E-state index in [4.69, 9.17) is 23.2 Å². The average molecular weight is 291 g/mol. The van der Waals surface area contributed by atoms with Crippen LogP contribution in [-0.4, -0.2) is 25.7 Å². The fourth-order valence-electron chi connectivity index (χ4n) is 1.15. The highest BCUT2D eigenvalue weighted by Crippen LogP contribution is 2.29. The van der Waals surface area contributed by atoms with E-state index in [0.29, 0.717) is 10.7 Å². The molecule has 0 aliphatic carbocycles. The molecule has 0 saturated carbocycles. The van der Waals surface area contributed by atoms with E-state index < -0.39 is 12.0 Å². The van der Waals surface area contributed by atoms with Crippen LogP contribution >= 0.6 is 23.2 Å². The van der Waals surface area contributed by atoms with Crippen molar-refractivity contribution < 1.29 is 14.3 Å². The summed E-state index contributed by atoms with van der Waals surface area (Å²) in [5.74, 6) is -0.393. The Bertz CT molecular complexity index is 452. The Morgan fingerprint density at radius 3 is 2.72 bits per heavy atom. The van der Waals surface area contributed by atoms with E-state index in [2.05, 4.69) is 15.4 Å². The lowest BCUT2D eigenvalue weighted by atomic mass is 10.3. The molecular weight excluding hydrogens is 279 g/mol. The second-order valence-electron chi connectivity index (χ2n) is 3.31.